The molecule has 0 saturated carbocycles. The summed E-state index contributed by atoms with van der Waals surface area (Å²) in [5, 5.41) is 0. The van der Waals surface area contributed by atoms with E-state index in [1.807, 2.05) is 0 Å². The lowest BCUT2D eigenvalue weighted by Crippen LogP contribution is -2.22. The highest BCUT2D eigenvalue weighted by Crippen LogP contribution is 2.22. The van der Waals surface area contributed by atoms with Gasteiger partial charge < -0.3 is 15.0 Å². The Hall–Kier alpha value is -2.44. The van der Waals surface area contributed by atoms with Gasteiger partial charge in [0.05, 0.1) is 12.2 Å². The summed E-state index contributed by atoms with van der Waals surface area (Å²) >= 11 is 0. The van der Waals surface area contributed by atoms with Crippen molar-refractivity contribution in [3.05, 3.63) is 58.5 Å². The largest absolute Gasteiger partial charge is 0.573 e. The van der Waals surface area contributed by atoms with E-state index in [-0.39, 0.29) is 23.5 Å². The van der Waals surface area contributed by atoms with Crippen LogP contribution in [0.3, 0.4) is 0 Å². The van der Waals surface area contributed by atoms with E-state index in [9.17, 15) is 18.0 Å². The van der Waals surface area contributed by atoms with Gasteiger partial charge in [-0.15, -0.1) is 13.2 Å². The summed E-state index contributed by atoms with van der Waals surface area (Å²) in [6.45, 7) is 0.218. The molecule has 1 heterocycles. The fourth-order valence-corrected chi connectivity index (χ4v) is 1.67. The van der Waals surface area contributed by atoms with Crippen LogP contribution in [0.5, 0.6) is 5.75 Å². The number of ether oxygens (including phenoxy) is 1. The van der Waals surface area contributed by atoms with Crippen LogP contribution >= 0.6 is 0 Å². The average molecular weight is 284 g/mol. The number of nitrogen functional groups attached to an aromatic ring is 1. The summed E-state index contributed by atoms with van der Waals surface area (Å²) in [7, 11) is 0. The molecule has 0 saturated heterocycles. The minimum atomic E-state index is -4.72. The predicted molar refractivity (Wildman–Crippen MR) is 67.3 cm³/mol. The summed E-state index contributed by atoms with van der Waals surface area (Å²) in [6, 6.07) is 8.41. The van der Waals surface area contributed by atoms with Crippen LogP contribution in [0.15, 0.2) is 47.4 Å². The van der Waals surface area contributed by atoms with Crippen LogP contribution in [0.1, 0.15) is 5.56 Å². The number of rotatable bonds is 3. The maximum atomic E-state index is 12.0. The van der Waals surface area contributed by atoms with Gasteiger partial charge in [-0.3, -0.25) is 4.79 Å². The Kier molecular flexibility index (Phi) is 3.69. The number of pyridine rings is 1. The van der Waals surface area contributed by atoms with Crippen LogP contribution in [0.4, 0.5) is 18.9 Å². The van der Waals surface area contributed by atoms with Crippen LogP contribution in [0, 0.1) is 0 Å². The Morgan fingerprint density at radius 2 is 1.80 bits per heavy atom. The fourth-order valence-electron chi connectivity index (χ4n) is 1.67. The molecule has 2 N–H and O–H groups in total. The van der Waals surface area contributed by atoms with Gasteiger partial charge in [0.25, 0.3) is 5.56 Å². The number of hydrogen-bond acceptors (Lipinski definition) is 3. The fraction of sp³-hybridized carbons (Fsp3) is 0.154. The molecule has 20 heavy (non-hydrogen) atoms. The van der Waals surface area contributed by atoms with E-state index < -0.39 is 6.36 Å². The second-order valence-electron chi connectivity index (χ2n) is 4.09. The highest BCUT2D eigenvalue weighted by atomic mass is 19.4. The SMILES string of the molecule is Nc1cccn(Cc2ccc(OC(F)(F)F)cc2)c1=O. The summed E-state index contributed by atoms with van der Waals surface area (Å²) in [4.78, 5) is 11.7. The number of nitrogens with zero attached hydrogens (tertiary/aromatic N) is 1. The van der Waals surface area contributed by atoms with E-state index in [0.717, 1.165) is 0 Å². The maximum absolute atomic E-state index is 12.0. The van der Waals surface area contributed by atoms with Gasteiger partial charge in [0.1, 0.15) is 5.75 Å². The summed E-state index contributed by atoms with van der Waals surface area (Å²) in [6.07, 6.45) is -3.16. The van der Waals surface area contributed by atoms with Gasteiger partial charge in [-0.05, 0) is 29.8 Å². The zero-order chi connectivity index (χ0) is 14.8. The zero-order valence-electron chi connectivity index (χ0n) is 10.2. The van der Waals surface area contributed by atoms with Crippen molar-refractivity contribution in [2.45, 2.75) is 12.9 Å². The van der Waals surface area contributed by atoms with E-state index in [4.69, 9.17) is 5.73 Å². The van der Waals surface area contributed by atoms with Gasteiger partial charge in [-0.2, -0.15) is 0 Å². The molecular weight excluding hydrogens is 273 g/mol. The molecule has 0 unspecified atom stereocenters. The molecule has 106 valence electrons. The van der Waals surface area contributed by atoms with Crippen molar-refractivity contribution in [3.8, 4) is 5.75 Å². The van der Waals surface area contributed by atoms with Crippen molar-refractivity contribution in [1.29, 1.82) is 0 Å². The number of benzene rings is 1. The van der Waals surface area contributed by atoms with E-state index in [1.165, 1.54) is 34.9 Å². The normalized spacial score (nSPS) is 11.3. The van der Waals surface area contributed by atoms with Gasteiger partial charge in [-0.25, -0.2) is 0 Å². The molecule has 4 nitrogen and oxygen atoms in total. The standard InChI is InChI=1S/C13H11F3N2O2/c14-13(15,16)20-10-5-3-9(4-6-10)8-18-7-1-2-11(17)12(18)19/h1-7H,8,17H2. The molecule has 0 spiro atoms. The van der Waals surface area contributed by atoms with Gasteiger partial charge in [0, 0.05) is 6.20 Å². The minimum Gasteiger partial charge on any atom is -0.406 e. The second-order valence-corrected chi connectivity index (χ2v) is 4.09. The Balaban J connectivity index is 2.15. The first kappa shape index (κ1) is 14.0. The molecule has 2 aromatic rings. The quantitative estimate of drug-likeness (QED) is 0.941. The van der Waals surface area contributed by atoms with Crippen LogP contribution in [-0.4, -0.2) is 10.9 Å². The molecule has 2 rings (SSSR count). The van der Waals surface area contributed by atoms with E-state index in [1.54, 1.807) is 12.3 Å². The highest BCUT2D eigenvalue weighted by Gasteiger charge is 2.30. The third-order valence-electron chi connectivity index (χ3n) is 2.56. The molecule has 1 aromatic carbocycles. The molecule has 0 aliphatic rings. The molecular formula is C13H11F3N2O2. The van der Waals surface area contributed by atoms with Crippen LogP contribution in [0.2, 0.25) is 0 Å². The topological polar surface area (TPSA) is 57.2 Å². The molecule has 0 amide bonds. The van der Waals surface area contributed by atoms with Crippen molar-refractivity contribution < 1.29 is 17.9 Å². The first-order valence-corrected chi connectivity index (χ1v) is 5.65. The van der Waals surface area contributed by atoms with Crippen LogP contribution in [-0.2, 0) is 6.54 Å². The zero-order valence-corrected chi connectivity index (χ0v) is 10.2. The first-order valence-electron chi connectivity index (χ1n) is 5.65. The molecule has 0 radical (unpaired) electrons. The average Bonchev–Trinajstić information content (AvgIpc) is 2.35. The van der Waals surface area contributed by atoms with Crippen molar-refractivity contribution >= 4 is 5.69 Å². The maximum Gasteiger partial charge on any atom is 0.573 e. The smallest absolute Gasteiger partial charge is 0.406 e. The summed E-state index contributed by atoms with van der Waals surface area (Å²) in [5.74, 6) is -0.304. The molecule has 0 atom stereocenters. The lowest BCUT2D eigenvalue weighted by Gasteiger charge is -2.10. The molecule has 7 heteroatoms. The third kappa shape index (κ3) is 3.53. The predicted octanol–water partition coefficient (Wildman–Crippen LogP) is 2.38. The highest BCUT2D eigenvalue weighted by molar-refractivity contribution is 5.34. The van der Waals surface area contributed by atoms with Gasteiger partial charge in [0.15, 0.2) is 0 Å². The van der Waals surface area contributed by atoms with Crippen molar-refractivity contribution in [1.82, 2.24) is 4.57 Å². The van der Waals surface area contributed by atoms with E-state index >= 15 is 0 Å². The van der Waals surface area contributed by atoms with Crippen LogP contribution in [0.25, 0.3) is 0 Å². The van der Waals surface area contributed by atoms with Crippen molar-refractivity contribution in [2.24, 2.45) is 0 Å². The Morgan fingerprint density at radius 3 is 2.40 bits per heavy atom. The van der Waals surface area contributed by atoms with Gasteiger partial charge in [0.2, 0.25) is 0 Å². The first-order chi connectivity index (χ1) is 9.35. The Morgan fingerprint density at radius 1 is 1.15 bits per heavy atom. The van der Waals surface area contributed by atoms with Gasteiger partial charge in [-0.1, -0.05) is 12.1 Å². The van der Waals surface area contributed by atoms with E-state index in [2.05, 4.69) is 4.74 Å². The number of alkyl halides is 3. The Labute approximate surface area is 112 Å². The molecule has 0 fully saturated rings. The Bertz CT molecular complexity index is 648. The monoisotopic (exact) mass is 284 g/mol. The van der Waals surface area contributed by atoms with Gasteiger partial charge >= 0.3 is 6.36 Å². The summed E-state index contributed by atoms with van der Waals surface area (Å²) in [5.41, 5.74) is 5.92. The number of nitrogens with two attached hydrogens (primary N) is 1. The number of aromatic nitrogens is 1. The number of anilines is 1. The van der Waals surface area contributed by atoms with Crippen molar-refractivity contribution in [3.63, 3.8) is 0 Å². The summed E-state index contributed by atoms with van der Waals surface area (Å²) < 4.78 is 41.1. The molecule has 0 aliphatic carbocycles. The molecule has 0 aliphatic heterocycles. The lowest BCUT2D eigenvalue weighted by atomic mass is 10.2. The lowest BCUT2D eigenvalue weighted by molar-refractivity contribution is -0.274. The van der Waals surface area contributed by atoms with Crippen LogP contribution < -0.4 is 16.0 Å². The number of halogens is 3. The minimum absolute atomic E-state index is 0.115. The van der Waals surface area contributed by atoms with E-state index in [0.29, 0.717) is 5.56 Å². The molecule has 1 aromatic heterocycles. The molecule has 0 bridgehead atoms. The second kappa shape index (κ2) is 5.28. The third-order valence-corrected chi connectivity index (χ3v) is 2.56. The van der Waals surface area contributed by atoms with Crippen molar-refractivity contribution in [2.75, 3.05) is 5.73 Å². The number of hydrogen-bond donors (Lipinski definition) is 1.